The van der Waals surface area contributed by atoms with Crippen molar-refractivity contribution in [1.82, 2.24) is 20.5 Å². The smallest absolute Gasteiger partial charge is 0.290 e. The van der Waals surface area contributed by atoms with Gasteiger partial charge in [0.05, 0.1) is 6.26 Å². The van der Waals surface area contributed by atoms with Crippen LogP contribution in [0.3, 0.4) is 0 Å². The Labute approximate surface area is 116 Å². The zero-order valence-electron chi connectivity index (χ0n) is 11.4. The maximum atomic E-state index is 11.7. The van der Waals surface area contributed by atoms with Crippen molar-refractivity contribution >= 4 is 5.91 Å². The minimum Gasteiger partial charge on any atom is -0.467 e. The molecule has 0 saturated heterocycles. The van der Waals surface area contributed by atoms with E-state index in [0.717, 1.165) is 18.6 Å². The molecule has 0 aliphatic rings. The summed E-state index contributed by atoms with van der Waals surface area (Å²) in [6.07, 6.45) is 3.05. The van der Waals surface area contributed by atoms with Crippen molar-refractivity contribution in [1.29, 1.82) is 0 Å². The molecule has 108 valence electrons. The number of nitrogens with zero attached hydrogens (tertiary/aromatic N) is 2. The van der Waals surface area contributed by atoms with Gasteiger partial charge in [-0.25, -0.2) is 4.98 Å². The van der Waals surface area contributed by atoms with Gasteiger partial charge >= 0.3 is 0 Å². The molecule has 7 nitrogen and oxygen atoms in total. The van der Waals surface area contributed by atoms with Crippen LogP contribution in [-0.2, 0) is 17.8 Å². The van der Waals surface area contributed by atoms with E-state index in [1.165, 1.54) is 0 Å². The first-order chi connectivity index (χ1) is 9.79. The normalized spacial score (nSPS) is 10.7. The van der Waals surface area contributed by atoms with Crippen molar-refractivity contribution in [2.24, 2.45) is 0 Å². The van der Waals surface area contributed by atoms with Crippen molar-refractivity contribution in [2.45, 2.75) is 26.4 Å². The molecule has 1 amide bonds. The van der Waals surface area contributed by atoms with E-state index in [1.54, 1.807) is 6.26 Å². The fourth-order valence-corrected chi connectivity index (χ4v) is 1.58. The molecule has 7 heteroatoms. The van der Waals surface area contributed by atoms with Crippen LogP contribution in [0.2, 0.25) is 0 Å². The highest BCUT2D eigenvalue weighted by Crippen LogP contribution is 2.01. The molecule has 2 N–H and O–H groups in total. The number of carbonyl (C=O) groups excluding carboxylic acids is 1. The van der Waals surface area contributed by atoms with Gasteiger partial charge in [-0.3, -0.25) is 9.89 Å². The second-order valence-electron chi connectivity index (χ2n) is 4.20. The summed E-state index contributed by atoms with van der Waals surface area (Å²) >= 11 is 0. The van der Waals surface area contributed by atoms with Gasteiger partial charge in [0.1, 0.15) is 18.2 Å². The van der Waals surface area contributed by atoms with Crippen molar-refractivity contribution in [3.63, 3.8) is 0 Å². The predicted octanol–water partition coefficient (Wildman–Crippen LogP) is 1.30. The number of hydrogen-bond donors (Lipinski definition) is 2. The lowest BCUT2D eigenvalue weighted by Gasteiger charge is -2.03. The highest BCUT2D eigenvalue weighted by atomic mass is 16.5. The Hall–Kier alpha value is -2.15. The molecular weight excluding hydrogens is 260 g/mol. The summed E-state index contributed by atoms with van der Waals surface area (Å²) in [4.78, 5) is 15.7. The summed E-state index contributed by atoms with van der Waals surface area (Å²) < 4.78 is 10.5. The third-order valence-electron chi connectivity index (χ3n) is 2.65. The maximum absolute atomic E-state index is 11.7. The predicted molar refractivity (Wildman–Crippen MR) is 71.1 cm³/mol. The molecule has 0 radical (unpaired) electrons. The van der Waals surface area contributed by atoms with Gasteiger partial charge in [0.15, 0.2) is 0 Å². The molecule has 0 aliphatic heterocycles. The average molecular weight is 278 g/mol. The third kappa shape index (κ3) is 4.20. The van der Waals surface area contributed by atoms with Gasteiger partial charge in [-0.05, 0) is 18.6 Å². The van der Waals surface area contributed by atoms with Crippen molar-refractivity contribution in [3.05, 3.63) is 35.8 Å². The zero-order chi connectivity index (χ0) is 14.2. The lowest BCUT2D eigenvalue weighted by atomic mass is 10.4. The molecule has 2 heterocycles. The SMILES string of the molecule is CCc1nc(C(=O)NCCCOCc2ccco2)n[nH]1. The number of hydrogen-bond acceptors (Lipinski definition) is 5. The summed E-state index contributed by atoms with van der Waals surface area (Å²) in [7, 11) is 0. The molecule has 0 aromatic carbocycles. The quantitative estimate of drug-likeness (QED) is 0.710. The van der Waals surface area contributed by atoms with Crippen molar-refractivity contribution < 1.29 is 13.9 Å². The van der Waals surface area contributed by atoms with Gasteiger partial charge in [-0.15, -0.1) is 5.10 Å². The Bertz CT molecular complexity index is 521. The Morgan fingerprint density at radius 3 is 3.15 bits per heavy atom. The summed E-state index contributed by atoms with van der Waals surface area (Å²) in [6.45, 7) is 3.46. The second kappa shape index (κ2) is 7.44. The number of nitrogens with one attached hydrogen (secondary N) is 2. The van der Waals surface area contributed by atoms with Crippen molar-refractivity contribution in [2.75, 3.05) is 13.2 Å². The Morgan fingerprint density at radius 2 is 2.45 bits per heavy atom. The molecule has 2 aromatic rings. The van der Waals surface area contributed by atoms with E-state index in [0.29, 0.717) is 25.6 Å². The first kappa shape index (κ1) is 14.3. The monoisotopic (exact) mass is 278 g/mol. The molecule has 0 atom stereocenters. The van der Waals surface area contributed by atoms with Crippen LogP contribution in [-0.4, -0.2) is 34.2 Å². The molecule has 0 aliphatic carbocycles. The van der Waals surface area contributed by atoms with Gasteiger partial charge < -0.3 is 14.5 Å². The number of rotatable bonds is 8. The summed E-state index contributed by atoms with van der Waals surface area (Å²) in [5.41, 5.74) is 0. The lowest BCUT2D eigenvalue weighted by molar-refractivity contribution is 0.0909. The molecule has 0 fully saturated rings. The fraction of sp³-hybridized carbons (Fsp3) is 0.462. The molecule has 2 rings (SSSR count). The molecule has 0 unspecified atom stereocenters. The number of aryl methyl sites for hydroxylation is 1. The van der Waals surface area contributed by atoms with Crippen LogP contribution < -0.4 is 5.32 Å². The van der Waals surface area contributed by atoms with Gasteiger partial charge in [-0.2, -0.15) is 0 Å². The molecule has 0 bridgehead atoms. The van der Waals surface area contributed by atoms with Crippen molar-refractivity contribution in [3.8, 4) is 0 Å². The molecule has 2 aromatic heterocycles. The van der Waals surface area contributed by atoms with E-state index >= 15 is 0 Å². The van der Waals surface area contributed by atoms with Crippen LogP contribution in [0.25, 0.3) is 0 Å². The number of furan rings is 1. The summed E-state index contributed by atoms with van der Waals surface area (Å²) in [5.74, 6) is 1.41. The van der Waals surface area contributed by atoms with Gasteiger partial charge in [-0.1, -0.05) is 6.92 Å². The topological polar surface area (TPSA) is 93.0 Å². The standard InChI is InChI=1S/C13H18N4O3/c1-2-11-15-12(17-16-11)13(18)14-6-4-7-19-9-10-5-3-8-20-10/h3,5,8H,2,4,6-7,9H2,1H3,(H,14,18)(H,15,16,17). The molecule has 0 spiro atoms. The summed E-state index contributed by atoms with van der Waals surface area (Å²) in [6, 6.07) is 3.68. The lowest BCUT2D eigenvalue weighted by Crippen LogP contribution is -2.26. The Morgan fingerprint density at radius 1 is 1.55 bits per heavy atom. The van der Waals surface area contributed by atoms with Crippen LogP contribution >= 0.6 is 0 Å². The Kier molecular flexibility index (Phi) is 5.31. The van der Waals surface area contributed by atoms with E-state index in [-0.39, 0.29) is 11.7 Å². The van der Waals surface area contributed by atoms with Gasteiger partial charge in [0.2, 0.25) is 5.82 Å². The van der Waals surface area contributed by atoms with E-state index in [4.69, 9.17) is 9.15 Å². The highest BCUT2D eigenvalue weighted by molar-refractivity contribution is 5.90. The van der Waals surface area contributed by atoms with E-state index < -0.39 is 0 Å². The first-order valence-electron chi connectivity index (χ1n) is 6.59. The zero-order valence-corrected chi connectivity index (χ0v) is 11.4. The van der Waals surface area contributed by atoms with E-state index in [2.05, 4.69) is 20.5 Å². The van der Waals surface area contributed by atoms with Gasteiger partial charge in [0.25, 0.3) is 5.91 Å². The third-order valence-corrected chi connectivity index (χ3v) is 2.65. The minimum atomic E-state index is -0.271. The van der Waals surface area contributed by atoms with Crippen LogP contribution in [0.5, 0.6) is 0 Å². The maximum Gasteiger partial charge on any atom is 0.290 e. The number of amides is 1. The average Bonchev–Trinajstić information content (AvgIpc) is 3.13. The van der Waals surface area contributed by atoms with E-state index in [1.807, 2.05) is 19.1 Å². The number of aromatic nitrogens is 3. The van der Waals surface area contributed by atoms with Crippen LogP contribution in [0, 0.1) is 0 Å². The van der Waals surface area contributed by atoms with E-state index in [9.17, 15) is 4.79 Å². The van der Waals surface area contributed by atoms with Gasteiger partial charge in [0, 0.05) is 19.6 Å². The number of aromatic amines is 1. The second-order valence-corrected chi connectivity index (χ2v) is 4.20. The largest absolute Gasteiger partial charge is 0.467 e. The van der Waals surface area contributed by atoms with Crippen LogP contribution in [0.4, 0.5) is 0 Å². The highest BCUT2D eigenvalue weighted by Gasteiger charge is 2.10. The molecule has 0 saturated carbocycles. The fourth-order valence-electron chi connectivity index (χ4n) is 1.58. The first-order valence-corrected chi connectivity index (χ1v) is 6.59. The number of ether oxygens (including phenoxy) is 1. The molecular formula is C13H18N4O3. The Balaban J connectivity index is 1.57. The number of carbonyl (C=O) groups is 1. The minimum absolute atomic E-state index is 0.179. The van der Waals surface area contributed by atoms with Crippen LogP contribution in [0.15, 0.2) is 22.8 Å². The summed E-state index contributed by atoms with van der Waals surface area (Å²) in [5, 5.41) is 9.29. The van der Waals surface area contributed by atoms with Crippen LogP contribution in [0.1, 0.15) is 35.5 Å². The molecule has 20 heavy (non-hydrogen) atoms. The number of H-pyrrole nitrogens is 1.